The summed E-state index contributed by atoms with van der Waals surface area (Å²) in [5.41, 5.74) is 0. The van der Waals surface area contributed by atoms with E-state index in [0.29, 0.717) is 5.92 Å². The third-order valence-electron chi connectivity index (χ3n) is 3.73. The molecule has 0 aromatic rings. The summed E-state index contributed by atoms with van der Waals surface area (Å²) in [5, 5.41) is 22.5. The van der Waals surface area contributed by atoms with Crippen molar-refractivity contribution in [2.45, 2.75) is 57.5 Å². The van der Waals surface area contributed by atoms with Crippen molar-refractivity contribution in [1.29, 1.82) is 0 Å². The molecule has 1 aliphatic rings. The Balaban J connectivity index is 2.51. The number of carboxylic acid groups (broad SMARTS) is 2. The van der Waals surface area contributed by atoms with Gasteiger partial charge in [0.25, 0.3) is 0 Å². The van der Waals surface area contributed by atoms with Gasteiger partial charge in [-0.2, -0.15) is 0 Å². The van der Waals surface area contributed by atoms with Crippen LogP contribution in [0.4, 0.5) is 4.79 Å². The van der Waals surface area contributed by atoms with Crippen molar-refractivity contribution >= 4 is 18.0 Å². The SMILES string of the molecule is CCC1CCCCC1NC(=O)N[C@H](CC(=O)O)C(=O)O. The largest absolute Gasteiger partial charge is 0.481 e. The highest BCUT2D eigenvalue weighted by Gasteiger charge is 2.27. The molecule has 1 aliphatic carbocycles. The van der Waals surface area contributed by atoms with Crippen molar-refractivity contribution in [1.82, 2.24) is 10.6 Å². The second-order valence-corrected chi connectivity index (χ2v) is 5.17. The van der Waals surface area contributed by atoms with Crippen molar-refractivity contribution in [3.8, 4) is 0 Å². The normalized spacial score (nSPS) is 23.6. The summed E-state index contributed by atoms with van der Waals surface area (Å²) in [6.45, 7) is 2.06. The topological polar surface area (TPSA) is 116 Å². The van der Waals surface area contributed by atoms with Crippen molar-refractivity contribution in [2.24, 2.45) is 5.92 Å². The fourth-order valence-corrected chi connectivity index (χ4v) is 2.63. The molecule has 0 aromatic heterocycles. The summed E-state index contributed by atoms with van der Waals surface area (Å²) in [6.07, 6.45) is 4.45. The van der Waals surface area contributed by atoms with E-state index in [1.807, 2.05) is 0 Å². The second kappa shape index (κ2) is 7.72. The Morgan fingerprint density at radius 2 is 1.85 bits per heavy atom. The molecule has 3 atom stereocenters. The van der Waals surface area contributed by atoms with Gasteiger partial charge in [-0.3, -0.25) is 4.79 Å². The van der Waals surface area contributed by atoms with Gasteiger partial charge in [0.05, 0.1) is 6.42 Å². The second-order valence-electron chi connectivity index (χ2n) is 5.17. The lowest BCUT2D eigenvalue weighted by Gasteiger charge is -2.31. The van der Waals surface area contributed by atoms with Crippen molar-refractivity contribution in [3.05, 3.63) is 0 Å². The highest BCUT2D eigenvalue weighted by atomic mass is 16.4. The maximum atomic E-state index is 11.8. The zero-order valence-corrected chi connectivity index (χ0v) is 11.6. The highest BCUT2D eigenvalue weighted by molar-refractivity contribution is 5.86. The summed E-state index contributed by atoms with van der Waals surface area (Å²) in [5.74, 6) is -2.21. The van der Waals surface area contributed by atoms with Gasteiger partial charge in [0, 0.05) is 6.04 Å². The van der Waals surface area contributed by atoms with Crippen LogP contribution in [0.15, 0.2) is 0 Å². The first-order chi connectivity index (χ1) is 9.43. The van der Waals surface area contributed by atoms with Gasteiger partial charge in [-0.15, -0.1) is 0 Å². The van der Waals surface area contributed by atoms with Gasteiger partial charge in [-0.1, -0.05) is 26.2 Å². The minimum absolute atomic E-state index is 0.0352. The number of carboxylic acids is 2. The molecule has 0 spiro atoms. The Bertz CT molecular complexity index is 372. The smallest absolute Gasteiger partial charge is 0.326 e. The van der Waals surface area contributed by atoms with E-state index in [-0.39, 0.29) is 6.04 Å². The lowest BCUT2D eigenvalue weighted by molar-refractivity contribution is -0.145. The summed E-state index contributed by atoms with van der Waals surface area (Å²) < 4.78 is 0. The lowest BCUT2D eigenvalue weighted by Crippen LogP contribution is -2.51. The molecular weight excluding hydrogens is 264 g/mol. The maximum Gasteiger partial charge on any atom is 0.326 e. The molecule has 2 unspecified atom stereocenters. The molecule has 1 rings (SSSR count). The number of hydrogen-bond acceptors (Lipinski definition) is 3. The van der Waals surface area contributed by atoms with E-state index < -0.39 is 30.4 Å². The first kappa shape index (κ1) is 16.3. The Kier molecular flexibility index (Phi) is 6.27. The molecule has 7 nitrogen and oxygen atoms in total. The lowest BCUT2D eigenvalue weighted by atomic mass is 9.83. The molecule has 4 N–H and O–H groups in total. The van der Waals surface area contributed by atoms with Crippen molar-refractivity contribution in [3.63, 3.8) is 0 Å². The van der Waals surface area contributed by atoms with Gasteiger partial charge in [-0.05, 0) is 18.8 Å². The van der Waals surface area contributed by atoms with Gasteiger partial charge in [0.1, 0.15) is 6.04 Å². The summed E-state index contributed by atoms with van der Waals surface area (Å²) in [4.78, 5) is 33.2. The molecule has 1 saturated carbocycles. The predicted molar refractivity (Wildman–Crippen MR) is 71.4 cm³/mol. The molecule has 0 aliphatic heterocycles. The maximum absolute atomic E-state index is 11.8. The summed E-state index contributed by atoms with van der Waals surface area (Å²) in [7, 11) is 0. The van der Waals surface area contributed by atoms with Crippen molar-refractivity contribution < 1.29 is 24.6 Å². The summed E-state index contributed by atoms with van der Waals surface area (Å²) >= 11 is 0. The Labute approximate surface area is 117 Å². The van der Waals surface area contributed by atoms with Crippen LogP contribution in [-0.2, 0) is 9.59 Å². The molecule has 7 heteroatoms. The molecule has 0 aromatic carbocycles. The molecule has 0 saturated heterocycles. The Morgan fingerprint density at radius 3 is 2.40 bits per heavy atom. The first-order valence-electron chi connectivity index (χ1n) is 6.95. The Morgan fingerprint density at radius 1 is 1.20 bits per heavy atom. The van der Waals surface area contributed by atoms with Crippen LogP contribution in [0.2, 0.25) is 0 Å². The predicted octanol–water partition coefficient (Wildman–Crippen LogP) is 1.18. The standard InChI is InChI=1S/C13H22N2O5/c1-2-8-5-3-4-6-9(8)14-13(20)15-10(12(18)19)7-11(16)17/h8-10H,2-7H2,1H3,(H,16,17)(H,18,19)(H2,14,15,20)/t8?,9?,10-/m1/s1. The molecular formula is C13H22N2O5. The van der Waals surface area contributed by atoms with Crippen LogP contribution in [0.1, 0.15) is 45.4 Å². The number of aliphatic carboxylic acids is 2. The van der Waals surface area contributed by atoms with Gasteiger partial charge in [0.2, 0.25) is 0 Å². The molecule has 2 amide bonds. The number of urea groups is 1. The van der Waals surface area contributed by atoms with Gasteiger partial charge < -0.3 is 20.8 Å². The van der Waals surface area contributed by atoms with Gasteiger partial charge in [0.15, 0.2) is 0 Å². The number of nitrogens with one attached hydrogen (secondary N) is 2. The van der Waals surface area contributed by atoms with E-state index in [9.17, 15) is 14.4 Å². The molecule has 20 heavy (non-hydrogen) atoms. The fourth-order valence-electron chi connectivity index (χ4n) is 2.63. The third kappa shape index (κ3) is 5.07. The van der Waals surface area contributed by atoms with E-state index in [4.69, 9.17) is 10.2 Å². The monoisotopic (exact) mass is 286 g/mol. The fraction of sp³-hybridized carbons (Fsp3) is 0.769. The van der Waals surface area contributed by atoms with Crippen LogP contribution in [0.3, 0.4) is 0 Å². The van der Waals surface area contributed by atoms with E-state index >= 15 is 0 Å². The highest BCUT2D eigenvalue weighted by Crippen LogP contribution is 2.26. The average Bonchev–Trinajstić information content (AvgIpc) is 2.37. The minimum Gasteiger partial charge on any atom is -0.481 e. The van der Waals surface area contributed by atoms with E-state index in [0.717, 1.165) is 32.1 Å². The van der Waals surface area contributed by atoms with E-state index in [2.05, 4.69) is 17.6 Å². The molecule has 0 bridgehead atoms. The minimum atomic E-state index is -1.41. The number of carbonyl (C=O) groups excluding carboxylic acids is 1. The zero-order valence-electron chi connectivity index (χ0n) is 11.6. The van der Waals surface area contributed by atoms with Crippen LogP contribution in [-0.4, -0.2) is 40.3 Å². The quantitative estimate of drug-likeness (QED) is 0.585. The van der Waals surface area contributed by atoms with Crippen LogP contribution in [0, 0.1) is 5.92 Å². The number of amides is 2. The first-order valence-corrected chi connectivity index (χ1v) is 6.95. The van der Waals surface area contributed by atoms with Crippen LogP contribution in [0.25, 0.3) is 0 Å². The van der Waals surface area contributed by atoms with E-state index in [1.165, 1.54) is 0 Å². The molecule has 114 valence electrons. The van der Waals surface area contributed by atoms with E-state index in [1.54, 1.807) is 0 Å². The van der Waals surface area contributed by atoms with Crippen molar-refractivity contribution in [2.75, 3.05) is 0 Å². The summed E-state index contributed by atoms with van der Waals surface area (Å²) in [6, 6.07) is -1.98. The van der Waals surface area contributed by atoms with Crippen LogP contribution >= 0.6 is 0 Å². The Hall–Kier alpha value is -1.79. The molecule has 0 radical (unpaired) electrons. The third-order valence-corrected chi connectivity index (χ3v) is 3.73. The van der Waals surface area contributed by atoms with Gasteiger partial charge >= 0.3 is 18.0 Å². The number of rotatable bonds is 6. The number of carbonyl (C=O) groups is 3. The van der Waals surface area contributed by atoms with Crippen LogP contribution in [0.5, 0.6) is 0 Å². The number of hydrogen-bond donors (Lipinski definition) is 4. The van der Waals surface area contributed by atoms with Crippen LogP contribution < -0.4 is 10.6 Å². The van der Waals surface area contributed by atoms with Gasteiger partial charge in [-0.25, -0.2) is 9.59 Å². The zero-order chi connectivity index (χ0) is 15.1. The average molecular weight is 286 g/mol. The molecule has 1 fully saturated rings. The molecule has 0 heterocycles.